The molecule has 6 heteroatoms. The molecule has 84 valence electrons. The lowest BCUT2D eigenvalue weighted by atomic mass is 10.2. The summed E-state index contributed by atoms with van der Waals surface area (Å²) in [5, 5.41) is 3.06. The standard InChI is InChI=1S/C9H13ClFN3S/c1-3-6(5-15-2)13-8-7(11)4-12-9(10)14-8/h4,6H,3,5H2,1-2H3,(H,12,13,14). The van der Waals surface area contributed by atoms with Crippen LogP contribution in [0.2, 0.25) is 5.28 Å². The SMILES string of the molecule is CCC(CSC)Nc1nc(Cl)ncc1F. The number of nitrogens with one attached hydrogen (secondary N) is 1. The molecule has 1 rings (SSSR count). The van der Waals surface area contributed by atoms with Gasteiger partial charge in [-0.3, -0.25) is 0 Å². The van der Waals surface area contributed by atoms with Crippen molar-refractivity contribution in [1.82, 2.24) is 9.97 Å². The highest BCUT2D eigenvalue weighted by Crippen LogP contribution is 2.15. The van der Waals surface area contributed by atoms with Crippen molar-refractivity contribution in [2.45, 2.75) is 19.4 Å². The highest BCUT2D eigenvalue weighted by Gasteiger charge is 2.10. The summed E-state index contributed by atoms with van der Waals surface area (Å²) >= 11 is 7.29. The Morgan fingerprint density at radius 3 is 3.00 bits per heavy atom. The van der Waals surface area contributed by atoms with Crippen LogP contribution in [0.5, 0.6) is 0 Å². The number of halogens is 2. The van der Waals surface area contributed by atoms with Gasteiger partial charge in [0.2, 0.25) is 5.28 Å². The summed E-state index contributed by atoms with van der Waals surface area (Å²) in [5.74, 6) is 0.604. The van der Waals surface area contributed by atoms with Crippen LogP contribution < -0.4 is 5.32 Å². The smallest absolute Gasteiger partial charge is 0.224 e. The zero-order chi connectivity index (χ0) is 11.3. The molecule has 0 radical (unpaired) electrons. The first-order valence-electron chi connectivity index (χ1n) is 4.60. The summed E-state index contributed by atoms with van der Waals surface area (Å²) < 4.78 is 13.3. The fourth-order valence-electron chi connectivity index (χ4n) is 1.10. The number of hydrogen-bond donors (Lipinski definition) is 1. The predicted molar refractivity (Wildman–Crippen MR) is 63.1 cm³/mol. The molecular formula is C9H13ClFN3S. The molecule has 1 heterocycles. The Hall–Kier alpha value is -0.550. The lowest BCUT2D eigenvalue weighted by Crippen LogP contribution is -2.22. The molecule has 0 aliphatic carbocycles. The lowest BCUT2D eigenvalue weighted by molar-refractivity contribution is 0.611. The molecule has 15 heavy (non-hydrogen) atoms. The maximum atomic E-state index is 13.3. The lowest BCUT2D eigenvalue weighted by Gasteiger charge is -2.16. The van der Waals surface area contributed by atoms with Gasteiger partial charge in [-0.2, -0.15) is 16.7 Å². The minimum absolute atomic E-state index is 0.0536. The van der Waals surface area contributed by atoms with E-state index in [2.05, 4.69) is 15.3 Å². The molecule has 0 aromatic carbocycles. The van der Waals surface area contributed by atoms with Gasteiger partial charge in [-0.05, 0) is 24.3 Å². The number of anilines is 1. The van der Waals surface area contributed by atoms with Crippen LogP contribution >= 0.6 is 23.4 Å². The van der Waals surface area contributed by atoms with Crippen molar-refractivity contribution in [2.24, 2.45) is 0 Å². The third-order valence-electron chi connectivity index (χ3n) is 1.92. The van der Waals surface area contributed by atoms with Crippen LogP contribution in [-0.4, -0.2) is 28.0 Å². The monoisotopic (exact) mass is 249 g/mol. The van der Waals surface area contributed by atoms with Gasteiger partial charge in [0.05, 0.1) is 6.20 Å². The Morgan fingerprint density at radius 2 is 2.40 bits per heavy atom. The number of rotatable bonds is 5. The molecule has 0 spiro atoms. The minimum atomic E-state index is -0.473. The molecule has 1 unspecified atom stereocenters. The van der Waals surface area contributed by atoms with Gasteiger partial charge < -0.3 is 5.32 Å². The van der Waals surface area contributed by atoms with Gasteiger partial charge in [0.25, 0.3) is 0 Å². The Morgan fingerprint density at radius 1 is 1.67 bits per heavy atom. The molecule has 0 amide bonds. The zero-order valence-electron chi connectivity index (χ0n) is 8.63. The molecule has 1 aromatic rings. The average Bonchev–Trinajstić information content (AvgIpc) is 2.22. The molecule has 0 bridgehead atoms. The van der Waals surface area contributed by atoms with Gasteiger partial charge in [0, 0.05) is 11.8 Å². The van der Waals surface area contributed by atoms with Crippen LogP contribution in [0.3, 0.4) is 0 Å². The summed E-state index contributed by atoms with van der Waals surface area (Å²) in [7, 11) is 0. The molecule has 1 aromatic heterocycles. The van der Waals surface area contributed by atoms with Gasteiger partial charge >= 0.3 is 0 Å². The van der Waals surface area contributed by atoms with Crippen molar-refractivity contribution in [2.75, 3.05) is 17.3 Å². The van der Waals surface area contributed by atoms with Crippen molar-refractivity contribution in [3.8, 4) is 0 Å². The van der Waals surface area contributed by atoms with Gasteiger partial charge in [-0.1, -0.05) is 6.92 Å². The fraction of sp³-hybridized carbons (Fsp3) is 0.556. The second-order valence-electron chi connectivity index (χ2n) is 3.04. The second-order valence-corrected chi connectivity index (χ2v) is 4.29. The van der Waals surface area contributed by atoms with E-state index in [-0.39, 0.29) is 17.1 Å². The summed E-state index contributed by atoms with van der Waals surface area (Å²) in [6, 6.07) is 0.195. The number of nitrogens with zero attached hydrogens (tertiary/aromatic N) is 2. The quantitative estimate of drug-likeness (QED) is 0.815. The van der Waals surface area contributed by atoms with Crippen LogP contribution in [0.15, 0.2) is 6.20 Å². The topological polar surface area (TPSA) is 37.8 Å². The largest absolute Gasteiger partial charge is 0.364 e. The number of aromatic nitrogens is 2. The molecule has 0 saturated heterocycles. The van der Waals surface area contributed by atoms with E-state index >= 15 is 0 Å². The molecule has 0 aliphatic heterocycles. The zero-order valence-corrected chi connectivity index (χ0v) is 10.2. The second kappa shape index (κ2) is 6.12. The van der Waals surface area contributed by atoms with E-state index in [1.807, 2.05) is 13.2 Å². The van der Waals surface area contributed by atoms with E-state index in [0.717, 1.165) is 18.4 Å². The minimum Gasteiger partial charge on any atom is -0.364 e. The van der Waals surface area contributed by atoms with Crippen molar-refractivity contribution < 1.29 is 4.39 Å². The van der Waals surface area contributed by atoms with E-state index < -0.39 is 5.82 Å². The summed E-state index contributed by atoms with van der Waals surface area (Å²) in [6.45, 7) is 2.04. The third-order valence-corrected chi connectivity index (χ3v) is 2.83. The van der Waals surface area contributed by atoms with E-state index in [1.165, 1.54) is 0 Å². The highest BCUT2D eigenvalue weighted by atomic mass is 35.5. The molecule has 3 nitrogen and oxygen atoms in total. The average molecular weight is 250 g/mol. The first-order chi connectivity index (χ1) is 7.17. The van der Waals surface area contributed by atoms with E-state index in [4.69, 9.17) is 11.6 Å². The van der Waals surface area contributed by atoms with Gasteiger partial charge in [0.15, 0.2) is 11.6 Å². The van der Waals surface area contributed by atoms with Crippen LogP contribution in [0, 0.1) is 5.82 Å². The van der Waals surface area contributed by atoms with Crippen LogP contribution in [0.25, 0.3) is 0 Å². The first-order valence-corrected chi connectivity index (χ1v) is 6.38. The maximum Gasteiger partial charge on any atom is 0.224 e. The normalized spacial score (nSPS) is 12.5. The Kier molecular flexibility index (Phi) is 5.11. The Labute approximate surface area is 97.8 Å². The van der Waals surface area contributed by atoms with Gasteiger partial charge in [-0.15, -0.1) is 0 Å². The van der Waals surface area contributed by atoms with Crippen molar-refractivity contribution in [1.29, 1.82) is 0 Å². The summed E-state index contributed by atoms with van der Waals surface area (Å²) in [4.78, 5) is 7.35. The van der Waals surface area contributed by atoms with Crippen LogP contribution in [-0.2, 0) is 0 Å². The maximum absolute atomic E-state index is 13.3. The number of hydrogen-bond acceptors (Lipinski definition) is 4. The third kappa shape index (κ3) is 3.83. The highest BCUT2D eigenvalue weighted by molar-refractivity contribution is 7.98. The predicted octanol–water partition coefficient (Wildman–Crippen LogP) is 2.82. The van der Waals surface area contributed by atoms with Crippen LogP contribution in [0.4, 0.5) is 10.2 Å². The van der Waals surface area contributed by atoms with E-state index in [9.17, 15) is 4.39 Å². The van der Waals surface area contributed by atoms with Crippen LogP contribution in [0.1, 0.15) is 13.3 Å². The summed E-state index contributed by atoms with van der Waals surface area (Å²) in [5.41, 5.74) is 0. The van der Waals surface area contributed by atoms with Gasteiger partial charge in [0.1, 0.15) is 0 Å². The fourth-order valence-corrected chi connectivity index (χ4v) is 1.96. The Balaban J connectivity index is 2.73. The van der Waals surface area contributed by atoms with E-state index in [0.29, 0.717) is 0 Å². The Bertz CT molecular complexity index is 324. The molecule has 1 N–H and O–H groups in total. The van der Waals surface area contributed by atoms with Crippen molar-refractivity contribution in [3.05, 3.63) is 17.3 Å². The van der Waals surface area contributed by atoms with Crippen molar-refractivity contribution in [3.63, 3.8) is 0 Å². The number of thioether (sulfide) groups is 1. The summed E-state index contributed by atoms with van der Waals surface area (Å²) in [6.07, 6.45) is 3.99. The molecule has 0 fully saturated rings. The molecular weight excluding hydrogens is 237 g/mol. The van der Waals surface area contributed by atoms with E-state index in [1.54, 1.807) is 11.8 Å². The van der Waals surface area contributed by atoms with Gasteiger partial charge in [-0.25, -0.2) is 9.37 Å². The van der Waals surface area contributed by atoms with Crippen molar-refractivity contribution >= 4 is 29.2 Å². The first kappa shape index (κ1) is 12.5. The molecule has 0 saturated carbocycles. The molecule has 0 aliphatic rings. The molecule has 1 atom stereocenters.